The number of benzene rings is 2. The molecule has 1 amide bonds. The van der Waals surface area contributed by atoms with Gasteiger partial charge in [0.1, 0.15) is 0 Å². The van der Waals surface area contributed by atoms with Gasteiger partial charge in [0, 0.05) is 34.2 Å². The van der Waals surface area contributed by atoms with Crippen LogP contribution in [0.15, 0.2) is 48.7 Å². The Morgan fingerprint density at radius 2 is 2.09 bits per heavy atom. The van der Waals surface area contributed by atoms with Crippen molar-refractivity contribution in [3.8, 4) is 5.88 Å². The summed E-state index contributed by atoms with van der Waals surface area (Å²) in [4.78, 5) is 15.3. The van der Waals surface area contributed by atoms with Gasteiger partial charge in [-0.25, -0.2) is 0 Å². The molecule has 0 fully saturated rings. The highest BCUT2D eigenvalue weighted by molar-refractivity contribution is 6.31. The summed E-state index contributed by atoms with van der Waals surface area (Å²) >= 11 is 6.16. The van der Waals surface area contributed by atoms with Gasteiger partial charge in [0.15, 0.2) is 5.88 Å². The molecule has 1 unspecified atom stereocenters. The Bertz CT molecular complexity index is 860. The summed E-state index contributed by atoms with van der Waals surface area (Å²) in [7, 11) is 0. The number of rotatable bonds is 4. The summed E-state index contributed by atoms with van der Waals surface area (Å²) in [5.74, 6) is -0.716. The minimum absolute atomic E-state index is 0.0672. The molecular weight excluding hydrogens is 314 g/mol. The number of hydrogen-bond donors (Lipinski definition) is 4. The molecule has 0 aliphatic heterocycles. The smallest absolute Gasteiger partial charge is 0.233 e. The van der Waals surface area contributed by atoms with Crippen LogP contribution in [0.25, 0.3) is 10.8 Å². The molecule has 6 heteroatoms. The predicted octanol–water partition coefficient (Wildman–Crippen LogP) is 3.21. The van der Waals surface area contributed by atoms with Crippen molar-refractivity contribution >= 4 is 34.0 Å². The van der Waals surface area contributed by atoms with Gasteiger partial charge in [-0.05, 0) is 23.8 Å². The molecule has 0 saturated heterocycles. The molecule has 1 aromatic heterocycles. The lowest BCUT2D eigenvalue weighted by atomic mass is 9.98. The van der Waals surface area contributed by atoms with Crippen molar-refractivity contribution in [3.63, 3.8) is 0 Å². The van der Waals surface area contributed by atoms with Crippen molar-refractivity contribution in [2.24, 2.45) is 5.73 Å². The van der Waals surface area contributed by atoms with Crippen molar-refractivity contribution in [1.29, 1.82) is 0 Å². The van der Waals surface area contributed by atoms with E-state index in [0.717, 1.165) is 5.39 Å². The Balaban J connectivity index is 1.86. The molecule has 0 saturated carbocycles. The summed E-state index contributed by atoms with van der Waals surface area (Å²) in [5, 5.41) is 14.6. The number of halogens is 1. The third kappa shape index (κ3) is 3.02. The van der Waals surface area contributed by atoms with E-state index in [0.29, 0.717) is 21.7 Å². The lowest BCUT2D eigenvalue weighted by Crippen LogP contribution is -2.27. The number of carbonyl (C=O) groups excluding carboxylic acids is 1. The average Bonchev–Trinajstić information content (AvgIpc) is 2.91. The van der Waals surface area contributed by atoms with Crippen molar-refractivity contribution in [2.75, 3.05) is 11.9 Å². The largest absolute Gasteiger partial charge is 0.494 e. The van der Waals surface area contributed by atoms with E-state index in [4.69, 9.17) is 17.3 Å². The second kappa shape index (κ2) is 6.32. The lowest BCUT2D eigenvalue weighted by Gasteiger charge is -2.16. The van der Waals surface area contributed by atoms with Crippen LogP contribution in [-0.4, -0.2) is 22.5 Å². The highest BCUT2D eigenvalue weighted by atomic mass is 35.5. The number of aromatic amines is 1. The fourth-order valence-electron chi connectivity index (χ4n) is 2.55. The first kappa shape index (κ1) is 15.4. The zero-order valence-electron chi connectivity index (χ0n) is 12.2. The number of aromatic nitrogens is 1. The number of aromatic hydroxyl groups is 1. The number of anilines is 1. The predicted molar refractivity (Wildman–Crippen MR) is 91.8 cm³/mol. The molecule has 1 atom stereocenters. The Morgan fingerprint density at radius 1 is 1.30 bits per heavy atom. The van der Waals surface area contributed by atoms with E-state index in [1.54, 1.807) is 36.5 Å². The summed E-state index contributed by atoms with van der Waals surface area (Å²) in [6.07, 6.45) is 1.70. The molecule has 0 radical (unpaired) electrons. The zero-order chi connectivity index (χ0) is 16.4. The average molecular weight is 330 g/mol. The van der Waals surface area contributed by atoms with Crippen molar-refractivity contribution in [3.05, 3.63) is 59.2 Å². The molecule has 2 aromatic carbocycles. The fourth-order valence-corrected chi connectivity index (χ4v) is 2.82. The lowest BCUT2D eigenvalue weighted by molar-refractivity contribution is -0.117. The molecule has 5 nitrogen and oxygen atoms in total. The molecule has 1 heterocycles. The molecule has 0 spiro atoms. The number of fused-ring (bicyclic) bond motifs is 1. The van der Waals surface area contributed by atoms with Crippen LogP contribution < -0.4 is 11.1 Å². The molecule has 0 bridgehead atoms. The van der Waals surface area contributed by atoms with E-state index in [-0.39, 0.29) is 18.3 Å². The van der Waals surface area contributed by atoms with Crippen LogP contribution in [0.4, 0.5) is 5.69 Å². The van der Waals surface area contributed by atoms with Gasteiger partial charge in [0.05, 0.1) is 5.92 Å². The normalized spacial score (nSPS) is 12.3. The number of nitrogens with one attached hydrogen (secondary N) is 2. The van der Waals surface area contributed by atoms with Crippen LogP contribution in [-0.2, 0) is 4.79 Å². The van der Waals surface area contributed by atoms with E-state index in [2.05, 4.69) is 10.3 Å². The molecule has 5 N–H and O–H groups in total. The maximum Gasteiger partial charge on any atom is 0.233 e. The van der Waals surface area contributed by atoms with E-state index < -0.39 is 5.92 Å². The molecule has 23 heavy (non-hydrogen) atoms. The summed E-state index contributed by atoms with van der Waals surface area (Å²) < 4.78 is 0. The summed E-state index contributed by atoms with van der Waals surface area (Å²) in [6, 6.07) is 12.4. The van der Waals surface area contributed by atoms with E-state index in [1.165, 1.54) is 0 Å². The topological polar surface area (TPSA) is 91.1 Å². The van der Waals surface area contributed by atoms with Crippen LogP contribution in [0.3, 0.4) is 0 Å². The summed E-state index contributed by atoms with van der Waals surface area (Å²) in [5.41, 5.74) is 7.04. The SMILES string of the molecule is NCC(C(=O)Nc1ccc2c[nH]c(O)c2c1)c1ccccc1Cl. The Morgan fingerprint density at radius 3 is 2.83 bits per heavy atom. The Labute approximate surface area is 138 Å². The van der Waals surface area contributed by atoms with Crippen molar-refractivity contribution < 1.29 is 9.90 Å². The molecular formula is C17H16ClN3O2. The first-order chi connectivity index (χ1) is 11.1. The van der Waals surface area contributed by atoms with Gasteiger partial charge in [-0.15, -0.1) is 0 Å². The highest BCUT2D eigenvalue weighted by Gasteiger charge is 2.21. The number of H-pyrrole nitrogens is 1. The Kier molecular flexibility index (Phi) is 4.23. The van der Waals surface area contributed by atoms with Crippen LogP contribution in [0, 0.1) is 0 Å². The third-order valence-electron chi connectivity index (χ3n) is 3.77. The van der Waals surface area contributed by atoms with Gasteiger partial charge in [0.2, 0.25) is 5.91 Å². The van der Waals surface area contributed by atoms with E-state index in [9.17, 15) is 9.90 Å². The van der Waals surface area contributed by atoms with Crippen molar-refractivity contribution in [1.82, 2.24) is 4.98 Å². The third-order valence-corrected chi connectivity index (χ3v) is 4.12. The van der Waals surface area contributed by atoms with Crippen LogP contribution in [0.1, 0.15) is 11.5 Å². The number of carbonyl (C=O) groups is 1. The minimum atomic E-state index is -0.542. The maximum absolute atomic E-state index is 12.5. The molecule has 3 aromatic rings. The fraction of sp³-hybridized carbons (Fsp3) is 0.118. The standard InChI is InChI=1S/C17H16ClN3O2/c18-15-4-2-1-3-12(15)14(8-19)17(23)21-11-6-5-10-9-20-16(22)13(10)7-11/h1-7,9,14,20,22H,8,19H2,(H,21,23). The van der Waals surface area contributed by atoms with Crippen LogP contribution in [0.5, 0.6) is 5.88 Å². The van der Waals surface area contributed by atoms with Crippen molar-refractivity contribution in [2.45, 2.75) is 5.92 Å². The number of hydrogen-bond acceptors (Lipinski definition) is 3. The van der Waals surface area contributed by atoms with Gasteiger partial charge in [0.25, 0.3) is 0 Å². The minimum Gasteiger partial charge on any atom is -0.494 e. The molecule has 0 aliphatic rings. The second-order valence-corrected chi connectivity index (χ2v) is 5.65. The van der Waals surface area contributed by atoms with Gasteiger partial charge >= 0.3 is 0 Å². The van der Waals surface area contributed by atoms with Gasteiger partial charge < -0.3 is 21.1 Å². The highest BCUT2D eigenvalue weighted by Crippen LogP contribution is 2.28. The quantitative estimate of drug-likeness (QED) is 0.592. The van der Waals surface area contributed by atoms with Gasteiger partial charge in [-0.1, -0.05) is 35.9 Å². The molecule has 118 valence electrons. The van der Waals surface area contributed by atoms with E-state index in [1.807, 2.05) is 12.1 Å². The van der Waals surface area contributed by atoms with Crippen LogP contribution >= 0.6 is 11.6 Å². The maximum atomic E-state index is 12.5. The first-order valence-electron chi connectivity index (χ1n) is 7.15. The number of nitrogens with two attached hydrogens (primary N) is 1. The van der Waals surface area contributed by atoms with Gasteiger partial charge in [-0.3, -0.25) is 4.79 Å². The molecule has 0 aliphatic carbocycles. The first-order valence-corrected chi connectivity index (χ1v) is 7.53. The van der Waals surface area contributed by atoms with Crippen LogP contribution in [0.2, 0.25) is 5.02 Å². The zero-order valence-corrected chi connectivity index (χ0v) is 13.0. The summed E-state index contributed by atoms with van der Waals surface area (Å²) in [6.45, 7) is 0.146. The monoisotopic (exact) mass is 329 g/mol. The second-order valence-electron chi connectivity index (χ2n) is 5.24. The number of amides is 1. The van der Waals surface area contributed by atoms with Gasteiger partial charge in [-0.2, -0.15) is 0 Å². The molecule has 3 rings (SSSR count). The Hall–Kier alpha value is -2.50. The van der Waals surface area contributed by atoms with E-state index >= 15 is 0 Å².